The summed E-state index contributed by atoms with van der Waals surface area (Å²) in [5.74, 6) is 0. The summed E-state index contributed by atoms with van der Waals surface area (Å²) in [6.45, 7) is -0.859. The highest BCUT2D eigenvalue weighted by Crippen LogP contribution is 2.07. The summed E-state index contributed by atoms with van der Waals surface area (Å²) in [6.07, 6.45) is -3.09. The summed E-state index contributed by atoms with van der Waals surface area (Å²) in [6, 6.07) is 0. The van der Waals surface area contributed by atoms with Crippen LogP contribution < -0.4 is 0 Å². The van der Waals surface area contributed by atoms with Crippen LogP contribution in [-0.2, 0) is 14.3 Å². The molecular formula is C7H14O6. The van der Waals surface area contributed by atoms with E-state index in [1.165, 1.54) is 7.11 Å². The van der Waals surface area contributed by atoms with Crippen molar-refractivity contribution in [2.75, 3.05) is 20.3 Å². The second kappa shape index (κ2) is 6.79. The van der Waals surface area contributed by atoms with Gasteiger partial charge >= 0.3 is 0 Å². The zero-order valence-electron chi connectivity index (χ0n) is 7.29. The summed E-state index contributed by atoms with van der Waals surface area (Å²) in [7, 11) is 1.28. The Balaban J connectivity index is 4.22. The number of rotatable bonds is 7. The molecule has 13 heavy (non-hydrogen) atoms. The molecule has 0 spiro atoms. The quantitative estimate of drug-likeness (QED) is 0.401. The Morgan fingerprint density at radius 1 is 1.38 bits per heavy atom. The SMILES string of the molecule is CO[C@H](C(CO)OC=O)[C@@H](O)CO. The second-order valence-corrected chi connectivity index (χ2v) is 2.40. The number of ether oxygens (including phenoxy) is 2. The largest absolute Gasteiger partial charge is 0.459 e. The van der Waals surface area contributed by atoms with Crippen LogP contribution in [0.25, 0.3) is 0 Å². The number of carbonyl (C=O) groups excluding carboxylic acids is 1. The fourth-order valence-corrected chi connectivity index (χ4v) is 0.956. The molecule has 3 N–H and O–H groups in total. The smallest absolute Gasteiger partial charge is 0.293 e. The molecule has 0 aromatic heterocycles. The van der Waals surface area contributed by atoms with Gasteiger partial charge in [0, 0.05) is 7.11 Å². The first-order valence-electron chi connectivity index (χ1n) is 3.72. The van der Waals surface area contributed by atoms with Gasteiger partial charge in [-0.3, -0.25) is 4.79 Å². The van der Waals surface area contributed by atoms with Crippen molar-refractivity contribution in [2.45, 2.75) is 18.3 Å². The van der Waals surface area contributed by atoms with E-state index in [1.807, 2.05) is 0 Å². The summed E-state index contributed by atoms with van der Waals surface area (Å²) in [5.41, 5.74) is 0. The van der Waals surface area contributed by atoms with Gasteiger partial charge in [-0.15, -0.1) is 0 Å². The standard InChI is InChI=1S/C7H14O6/c1-12-7(5(11)2-8)6(3-9)13-4-10/h4-9,11H,2-3H2,1H3/t5-,6?,7-/m0/s1. The highest BCUT2D eigenvalue weighted by atomic mass is 16.6. The molecule has 0 amide bonds. The lowest BCUT2D eigenvalue weighted by molar-refractivity contribution is -0.155. The minimum absolute atomic E-state index is 0.150. The number of hydrogen-bond donors (Lipinski definition) is 3. The van der Waals surface area contributed by atoms with Gasteiger partial charge in [-0.25, -0.2) is 0 Å². The molecule has 0 radical (unpaired) electrons. The third kappa shape index (κ3) is 3.69. The van der Waals surface area contributed by atoms with Crippen molar-refractivity contribution in [2.24, 2.45) is 0 Å². The molecule has 6 nitrogen and oxygen atoms in total. The van der Waals surface area contributed by atoms with E-state index in [0.29, 0.717) is 0 Å². The van der Waals surface area contributed by atoms with E-state index in [9.17, 15) is 4.79 Å². The molecule has 6 heteroatoms. The molecule has 0 saturated heterocycles. The minimum atomic E-state index is -1.19. The van der Waals surface area contributed by atoms with Crippen molar-refractivity contribution in [1.82, 2.24) is 0 Å². The number of methoxy groups -OCH3 is 1. The van der Waals surface area contributed by atoms with Crippen LogP contribution in [0.4, 0.5) is 0 Å². The Hall–Kier alpha value is -0.690. The van der Waals surface area contributed by atoms with E-state index < -0.39 is 31.5 Å². The van der Waals surface area contributed by atoms with E-state index in [-0.39, 0.29) is 6.47 Å². The van der Waals surface area contributed by atoms with E-state index in [2.05, 4.69) is 4.74 Å². The van der Waals surface area contributed by atoms with E-state index in [1.54, 1.807) is 0 Å². The molecule has 0 saturated carbocycles. The molecule has 0 aromatic carbocycles. The van der Waals surface area contributed by atoms with Gasteiger partial charge in [0.1, 0.15) is 12.2 Å². The molecule has 0 aliphatic rings. The van der Waals surface area contributed by atoms with Crippen LogP contribution in [0, 0.1) is 0 Å². The molecule has 0 aliphatic heterocycles. The monoisotopic (exact) mass is 194 g/mol. The van der Waals surface area contributed by atoms with Crippen LogP contribution in [0.15, 0.2) is 0 Å². The third-order valence-corrected chi connectivity index (χ3v) is 1.62. The third-order valence-electron chi connectivity index (χ3n) is 1.62. The molecule has 0 aromatic rings. The van der Waals surface area contributed by atoms with Gasteiger partial charge in [0.2, 0.25) is 0 Å². The van der Waals surface area contributed by atoms with Gasteiger partial charge in [0.05, 0.1) is 13.2 Å². The Bertz CT molecular complexity index is 139. The lowest BCUT2D eigenvalue weighted by Crippen LogP contribution is -2.44. The van der Waals surface area contributed by atoms with Crippen LogP contribution in [0.5, 0.6) is 0 Å². The maximum Gasteiger partial charge on any atom is 0.293 e. The van der Waals surface area contributed by atoms with Crippen molar-refractivity contribution in [3.05, 3.63) is 0 Å². The highest BCUT2D eigenvalue weighted by molar-refractivity contribution is 5.37. The van der Waals surface area contributed by atoms with Gasteiger partial charge in [-0.05, 0) is 0 Å². The van der Waals surface area contributed by atoms with E-state index in [0.717, 1.165) is 0 Å². The number of carbonyl (C=O) groups is 1. The van der Waals surface area contributed by atoms with Gasteiger partial charge in [0.15, 0.2) is 6.10 Å². The first-order chi connectivity index (χ1) is 6.21. The Labute approximate surface area is 75.7 Å². The van der Waals surface area contributed by atoms with E-state index >= 15 is 0 Å². The van der Waals surface area contributed by atoms with Crippen molar-refractivity contribution >= 4 is 6.47 Å². The average molecular weight is 194 g/mol. The first kappa shape index (κ1) is 12.3. The predicted octanol–water partition coefficient (Wildman–Crippen LogP) is -2.11. The first-order valence-corrected chi connectivity index (χ1v) is 3.72. The van der Waals surface area contributed by atoms with Crippen LogP contribution in [0.3, 0.4) is 0 Å². The molecule has 0 fully saturated rings. The lowest BCUT2D eigenvalue weighted by Gasteiger charge is -2.25. The zero-order chi connectivity index (χ0) is 10.3. The van der Waals surface area contributed by atoms with Gasteiger partial charge in [-0.2, -0.15) is 0 Å². The summed E-state index contributed by atoms with van der Waals surface area (Å²) in [4.78, 5) is 9.97. The molecular weight excluding hydrogens is 180 g/mol. The minimum Gasteiger partial charge on any atom is -0.459 e. The fourth-order valence-electron chi connectivity index (χ4n) is 0.956. The Morgan fingerprint density at radius 2 is 2.00 bits per heavy atom. The number of hydrogen-bond acceptors (Lipinski definition) is 6. The second-order valence-electron chi connectivity index (χ2n) is 2.40. The van der Waals surface area contributed by atoms with Crippen LogP contribution in [0.2, 0.25) is 0 Å². The van der Waals surface area contributed by atoms with E-state index in [4.69, 9.17) is 20.1 Å². The van der Waals surface area contributed by atoms with Gasteiger partial charge in [-0.1, -0.05) is 0 Å². The summed E-state index contributed by atoms with van der Waals surface area (Å²) in [5, 5.41) is 26.5. The molecule has 3 atom stereocenters. The molecule has 0 heterocycles. The predicted molar refractivity (Wildman–Crippen MR) is 41.9 cm³/mol. The molecule has 0 aliphatic carbocycles. The fraction of sp³-hybridized carbons (Fsp3) is 0.857. The van der Waals surface area contributed by atoms with Gasteiger partial charge < -0.3 is 24.8 Å². The van der Waals surface area contributed by atoms with Crippen LogP contribution in [0.1, 0.15) is 0 Å². The summed E-state index contributed by atoms with van der Waals surface area (Å²) >= 11 is 0. The van der Waals surface area contributed by atoms with Crippen LogP contribution in [-0.4, -0.2) is 60.4 Å². The van der Waals surface area contributed by atoms with Gasteiger partial charge in [0.25, 0.3) is 6.47 Å². The van der Waals surface area contributed by atoms with Crippen LogP contribution >= 0.6 is 0 Å². The Kier molecular flexibility index (Phi) is 6.43. The molecule has 0 rings (SSSR count). The molecule has 78 valence electrons. The lowest BCUT2D eigenvalue weighted by atomic mass is 10.1. The van der Waals surface area contributed by atoms with Crippen molar-refractivity contribution in [1.29, 1.82) is 0 Å². The van der Waals surface area contributed by atoms with Crippen molar-refractivity contribution in [3.63, 3.8) is 0 Å². The molecule has 0 bridgehead atoms. The maximum absolute atomic E-state index is 9.97. The summed E-state index contributed by atoms with van der Waals surface area (Å²) < 4.78 is 9.20. The average Bonchev–Trinajstić information content (AvgIpc) is 2.17. The molecule has 1 unspecified atom stereocenters. The number of aliphatic hydroxyl groups excluding tert-OH is 3. The Morgan fingerprint density at radius 3 is 2.31 bits per heavy atom. The van der Waals surface area contributed by atoms with Crippen molar-refractivity contribution in [3.8, 4) is 0 Å². The highest BCUT2D eigenvalue weighted by Gasteiger charge is 2.28. The number of aliphatic hydroxyl groups is 3. The van der Waals surface area contributed by atoms with Crippen molar-refractivity contribution < 1.29 is 29.6 Å². The zero-order valence-corrected chi connectivity index (χ0v) is 7.29. The maximum atomic E-state index is 9.97. The normalized spacial score (nSPS) is 17.5. The topological polar surface area (TPSA) is 96.2 Å².